The van der Waals surface area contributed by atoms with Crippen molar-refractivity contribution in [3.05, 3.63) is 29.6 Å². The topological polar surface area (TPSA) is 81.4 Å². The predicted octanol–water partition coefficient (Wildman–Crippen LogP) is 2.70. The van der Waals surface area contributed by atoms with E-state index in [-0.39, 0.29) is 24.4 Å². The summed E-state index contributed by atoms with van der Waals surface area (Å²) in [6.07, 6.45) is -0.614. The summed E-state index contributed by atoms with van der Waals surface area (Å²) in [4.78, 5) is 23.3. The number of hydrogen-bond donors (Lipinski definition) is 2. The number of halogens is 1. The van der Waals surface area contributed by atoms with Crippen molar-refractivity contribution in [1.29, 1.82) is 0 Å². The molecule has 0 saturated carbocycles. The second kappa shape index (κ2) is 6.47. The van der Waals surface area contributed by atoms with Crippen molar-refractivity contribution in [3.63, 3.8) is 0 Å². The number of ketones is 1. The smallest absolute Gasteiger partial charge is 0.412 e. The molecule has 0 atom stereocenters. The molecule has 20 heavy (non-hydrogen) atoms. The van der Waals surface area contributed by atoms with Crippen LogP contribution in [-0.2, 0) is 4.74 Å². The minimum Gasteiger partial charge on any atom is -0.444 e. The summed E-state index contributed by atoms with van der Waals surface area (Å²) in [5, 5.41) is 2.28. The van der Waals surface area contributed by atoms with Gasteiger partial charge in [0, 0.05) is 12.0 Å². The van der Waals surface area contributed by atoms with E-state index in [4.69, 9.17) is 10.5 Å². The van der Waals surface area contributed by atoms with Crippen LogP contribution in [0.1, 0.15) is 37.6 Å². The fourth-order valence-corrected chi connectivity index (χ4v) is 1.48. The molecule has 1 rings (SSSR count). The molecule has 3 N–H and O–H groups in total. The van der Waals surface area contributed by atoms with E-state index in [0.29, 0.717) is 5.56 Å². The van der Waals surface area contributed by atoms with Gasteiger partial charge in [0.15, 0.2) is 5.78 Å². The molecule has 0 aliphatic carbocycles. The van der Waals surface area contributed by atoms with Gasteiger partial charge < -0.3 is 10.5 Å². The molecule has 0 heterocycles. The summed E-state index contributed by atoms with van der Waals surface area (Å²) in [6, 6.07) is 3.75. The van der Waals surface area contributed by atoms with Crippen LogP contribution in [0.2, 0.25) is 0 Å². The van der Waals surface area contributed by atoms with Gasteiger partial charge in [0.25, 0.3) is 0 Å². The average molecular weight is 282 g/mol. The van der Waals surface area contributed by atoms with Crippen LogP contribution in [0, 0.1) is 5.82 Å². The molecular formula is C14H19FN2O3. The summed E-state index contributed by atoms with van der Waals surface area (Å²) < 4.78 is 18.6. The molecule has 6 heteroatoms. The van der Waals surface area contributed by atoms with E-state index >= 15 is 0 Å². The van der Waals surface area contributed by atoms with Crippen molar-refractivity contribution in [2.45, 2.75) is 32.8 Å². The summed E-state index contributed by atoms with van der Waals surface area (Å²) in [6.45, 7) is 5.31. The van der Waals surface area contributed by atoms with Gasteiger partial charge in [-0.25, -0.2) is 9.18 Å². The molecule has 1 aromatic rings. The Labute approximate surface area is 117 Å². The monoisotopic (exact) mass is 282 g/mol. The highest BCUT2D eigenvalue weighted by Crippen LogP contribution is 2.18. The van der Waals surface area contributed by atoms with Crippen LogP contribution < -0.4 is 11.1 Å². The molecule has 0 aliphatic rings. The number of Topliss-reactive ketones (excluding diaryl/α,β-unsaturated/α-hetero) is 1. The summed E-state index contributed by atoms with van der Waals surface area (Å²) in [5.74, 6) is -0.847. The Kier molecular flexibility index (Phi) is 5.21. The van der Waals surface area contributed by atoms with Crippen molar-refractivity contribution in [2.24, 2.45) is 5.73 Å². The zero-order valence-electron chi connectivity index (χ0n) is 11.8. The lowest BCUT2D eigenvalue weighted by Crippen LogP contribution is -2.27. The normalized spacial score (nSPS) is 11.1. The fourth-order valence-electron chi connectivity index (χ4n) is 1.48. The number of hydrogen-bond acceptors (Lipinski definition) is 4. The first-order valence-electron chi connectivity index (χ1n) is 6.26. The van der Waals surface area contributed by atoms with E-state index in [1.807, 2.05) is 0 Å². The van der Waals surface area contributed by atoms with E-state index < -0.39 is 17.5 Å². The molecule has 0 radical (unpaired) electrons. The van der Waals surface area contributed by atoms with Gasteiger partial charge in [-0.05, 0) is 45.5 Å². The Morgan fingerprint density at radius 2 is 2.00 bits per heavy atom. The second-order valence-electron chi connectivity index (χ2n) is 5.28. The lowest BCUT2D eigenvalue weighted by Gasteiger charge is -2.20. The lowest BCUT2D eigenvalue weighted by atomic mass is 10.1. The Balaban J connectivity index is 2.87. The molecule has 0 fully saturated rings. The first-order chi connectivity index (χ1) is 9.23. The number of ether oxygens (including phenoxy) is 1. The van der Waals surface area contributed by atoms with E-state index in [2.05, 4.69) is 5.32 Å². The maximum Gasteiger partial charge on any atom is 0.412 e. The van der Waals surface area contributed by atoms with Crippen molar-refractivity contribution >= 4 is 17.6 Å². The van der Waals surface area contributed by atoms with Crippen LogP contribution in [0.25, 0.3) is 0 Å². The second-order valence-corrected chi connectivity index (χ2v) is 5.28. The maximum absolute atomic E-state index is 13.6. The number of benzene rings is 1. The van der Waals surface area contributed by atoms with Gasteiger partial charge in [0.05, 0.1) is 5.69 Å². The molecule has 0 aromatic heterocycles. The van der Waals surface area contributed by atoms with Crippen LogP contribution in [0.15, 0.2) is 18.2 Å². The number of nitrogens with one attached hydrogen (secondary N) is 1. The van der Waals surface area contributed by atoms with Gasteiger partial charge in [-0.15, -0.1) is 0 Å². The zero-order valence-corrected chi connectivity index (χ0v) is 11.8. The SMILES string of the molecule is CC(C)(C)OC(=O)Nc1cc(C(=O)CCN)ccc1F. The number of nitrogens with two attached hydrogens (primary N) is 1. The molecule has 0 bridgehead atoms. The van der Waals surface area contributed by atoms with Crippen molar-refractivity contribution in [1.82, 2.24) is 0 Å². The van der Waals surface area contributed by atoms with Gasteiger partial charge in [-0.3, -0.25) is 10.1 Å². The lowest BCUT2D eigenvalue weighted by molar-refractivity contribution is 0.0635. The summed E-state index contributed by atoms with van der Waals surface area (Å²) in [5.41, 5.74) is 4.81. The molecule has 0 aliphatic heterocycles. The highest BCUT2D eigenvalue weighted by Gasteiger charge is 2.18. The third kappa shape index (κ3) is 4.97. The van der Waals surface area contributed by atoms with E-state index in [1.165, 1.54) is 12.1 Å². The molecule has 1 amide bonds. The van der Waals surface area contributed by atoms with Crippen LogP contribution in [0.3, 0.4) is 0 Å². The molecule has 110 valence electrons. The molecular weight excluding hydrogens is 263 g/mol. The van der Waals surface area contributed by atoms with Crippen molar-refractivity contribution in [3.8, 4) is 0 Å². The van der Waals surface area contributed by atoms with E-state index in [1.54, 1.807) is 20.8 Å². The average Bonchev–Trinajstić information content (AvgIpc) is 2.29. The van der Waals surface area contributed by atoms with E-state index in [9.17, 15) is 14.0 Å². The van der Waals surface area contributed by atoms with Crippen LogP contribution in [0.4, 0.5) is 14.9 Å². The number of anilines is 1. The quantitative estimate of drug-likeness (QED) is 0.832. The molecule has 0 saturated heterocycles. The van der Waals surface area contributed by atoms with Gasteiger partial charge >= 0.3 is 6.09 Å². The minimum absolute atomic E-state index is 0.0953. The fraction of sp³-hybridized carbons (Fsp3) is 0.429. The third-order valence-electron chi connectivity index (χ3n) is 2.30. The Morgan fingerprint density at radius 1 is 1.35 bits per heavy atom. The van der Waals surface area contributed by atoms with E-state index in [0.717, 1.165) is 6.07 Å². The minimum atomic E-state index is -0.778. The Bertz CT molecular complexity index is 510. The number of carbonyl (C=O) groups is 2. The van der Waals surface area contributed by atoms with Crippen molar-refractivity contribution < 1.29 is 18.7 Å². The Hall–Kier alpha value is -1.95. The van der Waals surface area contributed by atoms with Crippen molar-refractivity contribution in [2.75, 3.05) is 11.9 Å². The summed E-state index contributed by atoms with van der Waals surface area (Å²) >= 11 is 0. The van der Waals surface area contributed by atoms with Gasteiger partial charge in [0.1, 0.15) is 11.4 Å². The number of carbonyl (C=O) groups excluding carboxylic acids is 2. The van der Waals surface area contributed by atoms with Gasteiger partial charge in [-0.2, -0.15) is 0 Å². The van der Waals surface area contributed by atoms with Crippen LogP contribution in [-0.4, -0.2) is 24.0 Å². The standard InChI is InChI=1S/C14H19FN2O3/c1-14(2,3)20-13(19)17-11-8-9(4-5-10(11)15)12(18)6-7-16/h4-5,8H,6-7,16H2,1-3H3,(H,17,19). The molecule has 5 nitrogen and oxygen atoms in total. The maximum atomic E-state index is 13.6. The van der Waals surface area contributed by atoms with Gasteiger partial charge in [-0.1, -0.05) is 0 Å². The highest BCUT2D eigenvalue weighted by atomic mass is 19.1. The third-order valence-corrected chi connectivity index (χ3v) is 2.30. The first kappa shape index (κ1) is 16.1. The van der Waals surface area contributed by atoms with Gasteiger partial charge in [0.2, 0.25) is 0 Å². The Morgan fingerprint density at radius 3 is 2.55 bits per heavy atom. The largest absolute Gasteiger partial charge is 0.444 e. The number of rotatable bonds is 4. The van der Waals surface area contributed by atoms with Crippen LogP contribution >= 0.6 is 0 Å². The highest BCUT2D eigenvalue weighted by molar-refractivity contribution is 5.98. The summed E-state index contributed by atoms with van der Waals surface area (Å²) in [7, 11) is 0. The zero-order chi connectivity index (χ0) is 15.3. The van der Waals surface area contributed by atoms with Crippen LogP contribution in [0.5, 0.6) is 0 Å². The first-order valence-corrected chi connectivity index (χ1v) is 6.26. The number of amides is 1. The molecule has 1 aromatic carbocycles. The molecule has 0 spiro atoms. The molecule has 0 unspecified atom stereocenters. The predicted molar refractivity (Wildman–Crippen MR) is 74.3 cm³/mol.